The normalized spacial score (nSPS) is 16.5. The van der Waals surface area contributed by atoms with Crippen LogP contribution in [-0.4, -0.2) is 21.7 Å². The van der Waals surface area contributed by atoms with Crippen LogP contribution < -0.4 is 16.6 Å². The summed E-state index contributed by atoms with van der Waals surface area (Å²) in [6.45, 7) is 3.65. The molecule has 0 bridgehead atoms. The number of thiocarbonyl (C=S) groups is 1. The Labute approximate surface area is 130 Å². The molecule has 1 fully saturated rings. The van der Waals surface area contributed by atoms with Crippen LogP contribution in [-0.2, 0) is 4.79 Å². The molecule has 6 nitrogen and oxygen atoms in total. The molecule has 104 valence electrons. The van der Waals surface area contributed by atoms with Crippen molar-refractivity contribution in [3.63, 3.8) is 0 Å². The number of hydrazone groups is 1. The van der Waals surface area contributed by atoms with Gasteiger partial charge in [-0.1, -0.05) is 29.8 Å². The molecule has 1 aromatic rings. The number of anilines is 1. The molecule has 0 unspecified atom stereocenters. The highest BCUT2D eigenvalue weighted by atomic mass is 35.5. The van der Waals surface area contributed by atoms with Crippen LogP contribution in [0.5, 0.6) is 0 Å². The fraction of sp³-hybridized carbons (Fsp3) is 0. The first kappa shape index (κ1) is 14.6. The number of halogens is 2. The molecule has 1 heterocycles. The number of nitrogens with one attached hydrogen (secondary N) is 2. The zero-order chi connectivity index (χ0) is 14.9. The van der Waals surface area contributed by atoms with Crippen LogP contribution in [0.3, 0.4) is 0 Å². The van der Waals surface area contributed by atoms with Crippen LogP contribution in [0.15, 0.2) is 35.6 Å². The van der Waals surface area contributed by atoms with Crippen molar-refractivity contribution < 1.29 is 4.79 Å². The van der Waals surface area contributed by atoms with Gasteiger partial charge in [-0.2, -0.15) is 10.1 Å². The second kappa shape index (κ2) is 5.66. The van der Waals surface area contributed by atoms with Gasteiger partial charge in [0.2, 0.25) is 0 Å². The number of amides is 1. The van der Waals surface area contributed by atoms with Crippen molar-refractivity contribution in [3.8, 4) is 0 Å². The van der Waals surface area contributed by atoms with Gasteiger partial charge in [0.1, 0.15) is 0 Å². The van der Waals surface area contributed by atoms with Crippen molar-refractivity contribution in [1.29, 1.82) is 0 Å². The van der Waals surface area contributed by atoms with Gasteiger partial charge < -0.3 is 5.73 Å². The highest BCUT2D eigenvalue weighted by Crippen LogP contribution is 2.25. The predicted molar refractivity (Wildman–Crippen MR) is 83.4 cm³/mol. The summed E-state index contributed by atoms with van der Waals surface area (Å²) < 4.78 is 0. The summed E-state index contributed by atoms with van der Waals surface area (Å²) in [4.78, 5) is 11.9. The Morgan fingerprint density at radius 2 is 2.20 bits per heavy atom. The maximum Gasteiger partial charge on any atom is 0.301 e. The van der Waals surface area contributed by atoms with Crippen LogP contribution in [0.1, 0.15) is 0 Å². The number of rotatable bonds is 2. The van der Waals surface area contributed by atoms with Crippen LogP contribution in [0.4, 0.5) is 5.69 Å². The van der Waals surface area contributed by atoms with Crippen molar-refractivity contribution in [2.45, 2.75) is 0 Å². The van der Waals surface area contributed by atoms with Gasteiger partial charge in [0.15, 0.2) is 10.8 Å². The first-order valence-corrected chi connectivity index (χ1v) is 6.45. The maximum atomic E-state index is 11.9. The molecule has 4 N–H and O–H groups in total. The molecule has 0 atom stereocenters. The molecular formula is C11H9Cl2N5OS. The molecule has 1 aliphatic rings. The van der Waals surface area contributed by atoms with E-state index in [1.54, 1.807) is 18.2 Å². The lowest BCUT2D eigenvalue weighted by atomic mass is 10.3. The molecule has 20 heavy (non-hydrogen) atoms. The summed E-state index contributed by atoms with van der Waals surface area (Å²) >= 11 is 16.5. The number of hydrogen-bond acceptors (Lipinski definition) is 5. The lowest BCUT2D eigenvalue weighted by Gasteiger charge is -2.11. The minimum Gasteiger partial charge on any atom is -0.374 e. The van der Waals surface area contributed by atoms with Crippen LogP contribution in [0.25, 0.3) is 0 Å². The van der Waals surface area contributed by atoms with Gasteiger partial charge in [0.05, 0.1) is 16.4 Å². The smallest absolute Gasteiger partial charge is 0.301 e. The van der Waals surface area contributed by atoms with Gasteiger partial charge in [-0.15, -0.1) is 0 Å². The Morgan fingerprint density at radius 1 is 1.50 bits per heavy atom. The number of hydrazine groups is 1. The quantitative estimate of drug-likeness (QED) is 0.570. The summed E-state index contributed by atoms with van der Waals surface area (Å²) in [6.07, 6.45) is 0. The minimum absolute atomic E-state index is 0.0591. The van der Waals surface area contributed by atoms with E-state index < -0.39 is 5.91 Å². The second-order valence-corrected chi connectivity index (χ2v) is 5.03. The molecule has 0 spiro atoms. The van der Waals surface area contributed by atoms with Crippen LogP contribution >= 0.6 is 35.4 Å². The molecule has 1 aliphatic heterocycles. The van der Waals surface area contributed by atoms with E-state index in [0.29, 0.717) is 15.7 Å². The molecule has 1 amide bonds. The van der Waals surface area contributed by atoms with Gasteiger partial charge in [-0.05, 0) is 30.4 Å². The maximum absolute atomic E-state index is 11.9. The predicted octanol–water partition coefficient (Wildman–Crippen LogP) is 1.87. The third-order valence-corrected chi connectivity index (χ3v) is 3.11. The van der Waals surface area contributed by atoms with Crippen molar-refractivity contribution in [1.82, 2.24) is 10.4 Å². The summed E-state index contributed by atoms with van der Waals surface area (Å²) in [7, 11) is 0. The number of carbonyl (C=O) groups excluding carboxylic acids is 1. The Kier molecular flexibility index (Phi) is 4.12. The Balaban J connectivity index is 2.21. The fourth-order valence-electron chi connectivity index (χ4n) is 1.44. The number of hydrogen-bond donors (Lipinski definition) is 3. The average Bonchev–Trinajstić information content (AvgIpc) is 2.65. The largest absolute Gasteiger partial charge is 0.374 e. The molecule has 0 radical (unpaired) electrons. The number of carbonyl (C=O) groups is 1. The van der Waals surface area contributed by atoms with Crippen molar-refractivity contribution in [2.75, 3.05) is 5.43 Å². The molecule has 0 aromatic heterocycles. The minimum atomic E-state index is -0.500. The van der Waals surface area contributed by atoms with E-state index >= 15 is 0 Å². The third kappa shape index (κ3) is 2.84. The molecule has 0 aliphatic carbocycles. The Bertz CT molecular complexity index is 646. The zero-order valence-electron chi connectivity index (χ0n) is 9.98. The van der Waals surface area contributed by atoms with Crippen molar-refractivity contribution in [3.05, 3.63) is 40.5 Å². The van der Waals surface area contributed by atoms with Gasteiger partial charge >= 0.3 is 5.91 Å². The molecule has 9 heteroatoms. The second-order valence-electron chi connectivity index (χ2n) is 3.77. The average molecular weight is 330 g/mol. The van der Waals surface area contributed by atoms with E-state index in [-0.39, 0.29) is 16.5 Å². The molecule has 1 saturated heterocycles. The fourth-order valence-corrected chi connectivity index (χ4v) is 2.02. The molecule has 2 rings (SSSR count). The van der Waals surface area contributed by atoms with E-state index in [2.05, 4.69) is 22.5 Å². The highest BCUT2D eigenvalue weighted by Gasteiger charge is 2.32. The van der Waals surface area contributed by atoms with Crippen molar-refractivity contribution in [2.24, 2.45) is 10.8 Å². The van der Waals surface area contributed by atoms with Crippen molar-refractivity contribution >= 4 is 57.8 Å². The number of benzene rings is 1. The number of nitrogens with zero attached hydrogens (tertiary/aromatic N) is 2. The van der Waals surface area contributed by atoms with Crippen LogP contribution in [0, 0.1) is 0 Å². The van der Waals surface area contributed by atoms with E-state index in [9.17, 15) is 4.79 Å². The van der Waals surface area contributed by atoms with E-state index in [1.165, 1.54) is 0 Å². The standard InChI is InChI=1S/C11H9Cl2N5OS/c1-5-9(10(19)18(17-5)11(14)20)16-15-8-3-2-6(12)4-7(8)13/h2-4,15,17H,1H2,(H2,14,20)/b16-9-. The first-order chi connectivity index (χ1) is 9.40. The SMILES string of the molecule is C=C1NN(C(N)=S)C(=O)/C1=N\Nc1ccc(Cl)cc1Cl. The van der Waals surface area contributed by atoms with Gasteiger partial charge in [-0.25, -0.2) is 0 Å². The monoisotopic (exact) mass is 329 g/mol. The molecule has 1 aromatic carbocycles. The summed E-state index contributed by atoms with van der Waals surface area (Å²) in [5.41, 5.74) is 11.5. The van der Waals surface area contributed by atoms with E-state index in [0.717, 1.165) is 5.01 Å². The summed E-state index contributed by atoms with van der Waals surface area (Å²) in [6, 6.07) is 4.83. The lowest BCUT2D eigenvalue weighted by molar-refractivity contribution is -0.120. The summed E-state index contributed by atoms with van der Waals surface area (Å²) in [5.74, 6) is -0.500. The molecular weight excluding hydrogens is 321 g/mol. The number of nitrogens with two attached hydrogens (primary N) is 1. The highest BCUT2D eigenvalue weighted by molar-refractivity contribution is 7.80. The topological polar surface area (TPSA) is 82.8 Å². The summed E-state index contributed by atoms with van der Waals surface area (Å²) in [5, 5.41) is 5.67. The van der Waals surface area contributed by atoms with Crippen LogP contribution in [0.2, 0.25) is 10.0 Å². The van der Waals surface area contributed by atoms with E-state index in [4.69, 9.17) is 41.2 Å². The zero-order valence-corrected chi connectivity index (χ0v) is 12.3. The van der Waals surface area contributed by atoms with E-state index in [1.807, 2.05) is 0 Å². The van der Waals surface area contributed by atoms with Gasteiger partial charge in [0.25, 0.3) is 0 Å². The Hall–Kier alpha value is -1.83. The Morgan fingerprint density at radius 3 is 2.75 bits per heavy atom. The van der Waals surface area contributed by atoms with Gasteiger partial charge in [-0.3, -0.25) is 15.6 Å². The lowest BCUT2D eigenvalue weighted by Crippen LogP contribution is -2.43. The third-order valence-electron chi connectivity index (χ3n) is 2.38. The van der Waals surface area contributed by atoms with Gasteiger partial charge in [0, 0.05) is 5.02 Å². The first-order valence-electron chi connectivity index (χ1n) is 5.28. The molecule has 0 saturated carbocycles.